The number of carbonyl (C=O) groups is 1. The van der Waals surface area contributed by atoms with Gasteiger partial charge in [-0.3, -0.25) is 4.79 Å². The predicted octanol–water partition coefficient (Wildman–Crippen LogP) is 5.24. The molecule has 0 fully saturated rings. The lowest BCUT2D eigenvalue weighted by Gasteiger charge is -2.10. The maximum absolute atomic E-state index is 13.1. The van der Waals surface area contributed by atoms with Gasteiger partial charge in [-0.1, -0.05) is 20.3 Å². The zero-order valence-electron chi connectivity index (χ0n) is 13.8. The Morgan fingerprint density at radius 3 is 2.41 bits per heavy atom. The van der Waals surface area contributed by atoms with Gasteiger partial charge >= 0.3 is 0 Å². The van der Waals surface area contributed by atoms with Gasteiger partial charge in [-0.15, -0.1) is 0 Å². The Hall–Kier alpha value is -1.90. The molecule has 0 bridgehead atoms. The van der Waals surface area contributed by atoms with Gasteiger partial charge < -0.3 is 4.57 Å². The topological polar surface area (TPSA) is 22.0 Å². The average Bonchev–Trinajstić information content (AvgIpc) is 2.75. The van der Waals surface area contributed by atoms with Crippen LogP contribution < -0.4 is 0 Å². The van der Waals surface area contributed by atoms with E-state index in [1.807, 2.05) is 24.5 Å². The maximum atomic E-state index is 13.1. The quantitative estimate of drug-likeness (QED) is 0.669. The Morgan fingerprint density at radius 2 is 1.82 bits per heavy atom. The van der Waals surface area contributed by atoms with Crippen molar-refractivity contribution in [3.05, 3.63) is 53.1 Å². The van der Waals surface area contributed by atoms with E-state index in [1.54, 1.807) is 12.1 Å². The third kappa shape index (κ3) is 3.65. The normalized spacial score (nSPS) is 11.2. The first-order valence-electron chi connectivity index (χ1n) is 7.88. The summed E-state index contributed by atoms with van der Waals surface area (Å²) in [6.07, 6.45) is 2.59. The second kappa shape index (κ2) is 6.91. The van der Waals surface area contributed by atoms with E-state index in [1.165, 1.54) is 12.1 Å². The predicted molar refractivity (Wildman–Crippen MR) is 88.2 cm³/mol. The van der Waals surface area contributed by atoms with Crippen LogP contribution in [-0.2, 0) is 0 Å². The van der Waals surface area contributed by atoms with Gasteiger partial charge in [0.25, 0.3) is 0 Å². The molecule has 0 atom stereocenters. The maximum Gasteiger partial charge on any atom is 0.164 e. The van der Waals surface area contributed by atoms with Crippen molar-refractivity contribution in [1.82, 2.24) is 4.57 Å². The molecular weight excluding hydrogens is 277 g/mol. The van der Waals surface area contributed by atoms with Gasteiger partial charge in [0.05, 0.1) is 0 Å². The van der Waals surface area contributed by atoms with Crippen LogP contribution in [0.1, 0.15) is 54.9 Å². The number of halogens is 1. The van der Waals surface area contributed by atoms with E-state index in [0.717, 1.165) is 35.5 Å². The van der Waals surface area contributed by atoms with E-state index in [0.29, 0.717) is 12.3 Å². The van der Waals surface area contributed by atoms with Crippen molar-refractivity contribution in [3.8, 4) is 5.69 Å². The average molecular weight is 301 g/mol. The highest BCUT2D eigenvalue weighted by atomic mass is 19.1. The number of Topliss-reactive ketones (excluding diaryl/α,β-unsaturated/α-hetero) is 1. The molecule has 0 saturated carbocycles. The standard InChI is InChI=1S/C19H24FNO/c1-13(2)6-5-7-19(22)18-12-14(3)21(15(18)4)17-10-8-16(20)9-11-17/h8-13H,5-7H2,1-4H3. The number of hydrogen-bond acceptors (Lipinski definition) is 1. The van der Waals surface area contributed by atoms with Crippen LogP contribution in [0.5, 0.6) is 0 Å². The number of hydrogen-bond donors (Lipinski definition) is 0. The molecule has 2 nitrogen and oxygen atoms in total. The third-order valence-electron chi connectivity index (χ3n) is 4.00. The molecule has 1 aromatic heterocycles. The SMILES string of the molecule is Cc1cc(C(=O)CCCC(C)C)c(C)n1-c1ccc(F)cc1. The van der Waals surface area contributed by atoms with Crippen molar-refractivity contribution < 1.29 is 9.18 Å². The summed E-state index contributed by atoms with van der Waals surface area (Å²) in [5, 5.41) is 0. The molecule has 0 aliphatic heterocycles. The highest BCUT2D eigenvalue weighted by Gasteiger charge is 2.16. The Bertz CT molecular complexity index is 653. The summed E-state index contributed by atoms with van der Waals surface area (Å²) in [5.74, 6) is 0.567. The largest absolute Gasteiger partial charge is 0.318 e. The van der Waals surface area contributed by atoms with Crippen molar-refractivity contribution in [1.29, 1.82) is 0 Å². The summed E-state index contributed by atoms with van der Waals surface area (Å²) in [5.41, 5.74) is 3.60. The van der Waals surface area contributed by atoms with E-state index in [-0.39, 0.29) is 11.6 Å². The second-order valence-corrected chi connectivity index (χ2v) is 6.31. The van der Waals surface area contributed by atoms with Crippen LogP contribution in [-0.4, -0.2) is 10.4 Å². The van der Waals surface area contributed by atoms with Crippen LogP contribution in [0.25, 0.3) is 5.69 Å². The Labute approximate surface area is 132 Å². The van der Waals surface area contributed by atoms with Crippen molar-refractivity contribution in [2.75, 3.05) is 0 Å². The first-order chi connectivity index (χ1) is 10.4. The second-order valence-electron chi connectivity index (χ2n) is 6.31. The van der Waals surface area contributed by atoms with Gasteiger partial charge in [-0.25, -0.2) is 4.39 Å². The molecule has 1 aromatic carbocycles. The third-order valence-corrected chi connectivity index (χ3v) is 4.00. The molecule has 1 heterocycles. The summed E-state index contributed by atoms with van der Waals surface area (Å²) in [6, 6.07) is 8.30. The lowest BCUT2D eigenvalue weighted by atomic mass is 10.0. The first-order valence-corrected chi connectivity index (χ1v) is 7.88. The molecule has 118 valence electrons. The molecule has 0 amide bonds. The molecular formula is C19H24FNO. The summed E-state index contributed by atoms with van der Waals surface area (Å²) in [4.78, 5) is 12.4. The van der Waals surface area contributed by atoms with Crippen LogP contribution >= 0.6 is 0 Å². The number of rotatable bonds is 6. The molecule has 0 aliphatic carbocycles. The number of carbonyl (C=O) groups excluding carboxylic acids is 1. The Kier molecular flexibility index (Phi) is 5.17. The first kappa shape index (κ1) is 16.5. The van der Waals surface area contributed by atoms with E-state index in [4.69, 9.17) is 0 Å². The molecule has 2 aromatic rings. The summed E-state index contributed by atoms with van der Waals surface area (Å²) >= 11 is 0. The van der Waals surface area contributed by atoms with Crippen LogP contribution in [0.4, 0.5) is 4.39 Å². The zero-order valence-corrected chi connectivity index (χ0v) is 13.8. The molecule has 2 rings (SSSR count). The minimum atomic E-state index is -0.254. The lowest BCUT2D eigenvalue weighted by molar-refractivity contribution is 0.0977. The van der Waals surface area contributed by atoms with E-state index < -0.39 is 0 Å². The number of aryl methyl sites for hydroxylation is 1. The molecule has 0 spiro atoms. The Balaban J connectivity index is 2.23. The van der Waals surface area contributed by atoms with Crippen LogP contribution in [0.3, 0.4) is 0 Å². The van der Waals surface area contributed by atoms with Gasteiger partial charge in [0, 0.05) is 29.1 Å². The van der Waals surface area contributed by atoms with E-state index in [2.05, 4.69) is 13.8 Å². The van der Waals surface area contributed by atoms with Crippen molar-refractivity contribution in [2.24, 2.45) is 5.92 Å². The van der Waals surface area contributed by atoms with E-state index in [9.17, 15) is 9.18 Å². The smallest absolute Gasteiger partial charge is 0.164 e. The van der Waals surface area contributed by atoms with Gasteiger partial charge in [0.15, 0.2) is 5.78 Å². The van der Waals surface area contributed by atoms with Crippen LogP contribution in [0.2, 0.25) is 0 Å². The molecule has 0 unspecified atom stereocenters. The van der Waals surface area contributed by atoms with Gasteiger partial charge in [0.1, 0.15) is 5.82 Å². The van der Waals surface area contributed by atoms with Crippen LogP contribution in [0.15, 0.2) is 30.3 Å². The van der Waals surface area contributed by atoms with Crippen molar-refractivity contribution >= 4 is 5.78 Å². The van der Waals surface area contributed by atoms with E-state index >= 15 is 0 Å². The fourth-order valence-electron chi connectivity index (χ4n) is 2.84. The minimum Gasteiger partial charge on any atom is -0.318 e. The molecule has 0 aliphatic rings. The molecule has 0 saturated heterocycles. The van der Waals surface area contributed by atoms with Crippen molar-refractivity contribution in [3.63, 3.8) is 0 Å². The number of nitrogens with zero attached hydrogens (tertiary/aromatic N) is 1. The van der Waals surface area contributed by atoms with Gasteiger partial charge in [-0.2, -0.15) is 0 Å². The molecule has 22 heavy (non-hydrogen) atoms. The number of benzene rings is 1. The highest BCUT2D eigenvalue weighted by Crippen LogP contribution is 2.23. The van der Waals surface area contributed by atoms with Crippen LogP contribution in [0, 0.1) is 25.6 Å². The zero-order chi connectivity index (χ0) is 16.3. The minimum absolute atomic E-state index is 0.196. The highest BCUT2D eigenvalue weighted by molar-refractivity contribution is 5.97. The monoisotopic (exact) mass is 301 g/mol. The van der Waals surface area contributed by atoms with Gasteiger partial charge in [0.2, 0.25) is 0 Å². The molecule has 0 radical (unpaired) electrons. The summed E-state index contributed by atoms with van der Waals surface area (Å²) in [7, 11) is 0. The van der Waals surface area contributed by atoms with Gasteiger partial charge in [-0.05, 0) is 56.5 Å². The summed E-state index contributed by atoms with van der Waals surface area (Å²) < 4.78 is 15.1. The van der Waals surface area contributed by atoms with Crippen molar-refractivity contribution in [2.45, 2.75) is 47.0 Å². The fourth-order valence-corrected chi connectivity index (χ4v) is 2.84. The number of aromatic nitrogens is 1. The fraction of sp³-hybridized carbons (Fsp3) is 0.421. The molecule has 0 N–H and O–H groups in total. The lowest BCUT2D eigenvalue weighted by Crippen LogP contribution is -2.04. The number of ketones is 1. The Morgan fingerprint density at radius 1 is 1.18 bits per heavy atom. The summed E-state index contributed by atoms with van der Waals surface area (Å²) in [6.45, 7) is 8.27. The molecule has 3 heteroatoms.